The molecule has 5 nitrogen and oxygen atoms in total. The molecule has 1 unspecified atom stereocenters. The minimum Gasteiger partial charge on any atom is -0.323 e. The smallest absolute Gasteiger partial charge is 0.323 e. The predicted octanol–water partition coefficient (Wildman–Crippen LogP) is 6.64. The molecule has 202 valence electrons. The van der Waals surface area contributed by atoms with Crippen LogP contribution in [-0.2, 0) is 9.54 Å². The van der Waals surface area contributed by atoms with Crippen LogP contribution in [0, 0.1) is 5.82 Å². The van der Waals surface area contributed by atoms with Gasteiger partial charge < -0.3 is 9.80 Å². The van der Waals surface area contributed by atoms with E-state index >= 15 is 0 Å². The average Bonchev–Trinajstić information content (AvgIpc) is 3.51. The molecule has 2 aromatic rings. The van der Waals surface area contributed by atoms with Gasteiger partial charge in [0, 0.05) is 41.5 Å². The second-order valence-corrected chi connectivity index (χ2v) is 10.7. The van der Waals surface area contributed by atoms with Gasteiger partial charge in [-0.2, -0.15) is 13.2 Å². The zero-order chi connectivity index (χ0) is 27.8. The summed E-state index contributed by atoms with van der Waals surface area (Å²) in [4.78, 5) is 27.7. The summed E-state index contributed by atoms with van der Waals surface area (Å²) >= 11 is 3.20. The zero-order valence-corrected chi connectivity index (χ0v) is 22.0. The standard InChI is InChI=1S/C25H20BrF6N3O2S/c1-2-3-21(36)34-6-7-35(13-34)23(37)18-5-4-14(8-19(18)22(28)29)20-12-24(38-33-20,25(30,31)32)15-9-16(26)11-17(27)10-15/h2,4-5,8-11,22H,1,3,6-7,12-13H2. The Morgan fingerprint density at radius 3 is 2.50 bits per heavy atom. The number of nitrogens with zero attached hydrogens (tertiary/aromatic N) is 3. The summed E-state index contributed by atoms with van der Waals surface area (Å²) < 4.78 is 86.4. The highest BCUT2D eigenvalue weighted by molar-refractivity contribution is 9.10. The van der Waals surface area contributed by atoms with Gasteiger partial charge in [-0.3, -0.25) is 9.59 Å². The molecule has 0 aliphatic carbocycles. The van der Waals surface area contributed by atoms with E-state index in [0.29, 0.717) is 0 Å². The maximum Gasteiger partial charge on any atom is 0.409 e. The van der Waals surface area contributed by atoms with E-state index in [9.17, 15) is 35.9 Å². The molecule has 0 radical (unpaired) electrons. The Morgan fingerprint density at radius 1 is 1.16 bits per heavy atom. The molecular formula is C25H20BrF6N3O2S. The van der Waals surface area contributed by atoms with Crippen LogP contribution in [0.4, 0.5) is 26.3 Å². The largest absolute Gasteiger partial charge is 0.409 e. The molecule has 2 aliphatic rings. The SMILES string of the molecule is C=CCC(=O)N1CCN(C(=O)c2ccc(C3=NSC(c4cc(F)cc(Br)c4)(C(F)(F)F)C3)cc2C(F)F)C1. The van der Waals surface area contributed by atoms with E-state index in [1.807, 2.05) is 0 Å². The molecule has 2 aliphatic heterocycles. The van der Waals surface area contributed by atoms with Gasteiger partial charge in [0.1, 0.15) is 5.82 Å². The van der Waals surface area contributed by atoms with Gasteiger partial charge in [-0.25, -0.2) is 17.6 Å². The number of carbonyl (C=O) groups is 2. The Labute approximate surface area is 226 Å². The fourth-order valence-electron chi connectivity index (χ4n) is 4.34. The van der Waals surface area contributed by atoms with Gasteiger partial charge in [0.2, 0.25) is 5.91 Å². The Kier molecular flexibility index (Phi) is 7.99. The van der Waals surface area contributed by atoms with Crippen LogP contribution in [0.1, 0.15) is 46.3 Å². The summed E-state index contributed by atoms with van der Waals surface area (Å²) in [5.41, 5.74) is -1.46. The average molecular weight is 620 g/mol. The summed E-state index contributed by atoms with van der Waals surface area (Å²) in [6.07, 6.45) is -7.17. The first-order valence-electron chi connectivity index (χ1n) is 11.2. The third-order valence-corrected chi connectivity index (χ3v) is 8.00. The molecule has 0 bridgehead atoms. The van der Waals surface area contributed by atoms with Crippen molar-refractivity contribution >= 4 is 45.4 Å². The van der Waals surface area contributed by atoms with Crippen LogP contribution in [0.5, 0.6) is 0 Å². The minimum atomic E-state index is -4.84. The number of rotatable bonds is 6. The number of amides is 2. The summed E-state index contributed by atoms with van der Waals surface area (Å²) in [5, 5.41) is 0. The fourth-order valence-corrected chi connectivity index (χ4v) is 5.77. The molecule has 1 fully saturated rings. The van der Waals surface area contributed by atoms with Crippen molar-refractivity contribution in [2.24, 2.45) is 4.40 Å². The first-order valence-corrected chi connectivity index (χ1v) is 12.8. The molecule has 13 heteroatoms. The van der Waals surface area contributed by atoms with Gasteiger partial charge >= 0.3 is 6.18 Å². The van der Waals surface area contributed by atoms with Gasteiger partial charge in [0.05, 0.1) is 12.4 Å². The van der Waals surface area contributed by atoms with Crippen molar-refractivity contribution in [2.75, 3.05) is 19.8 Å². The molecule has 2 aromatic carbocycles. The molecule has 0 N–H and O–H groups in total. The van der Waals surface area contributed by atoms with Crippen molar-refractivity contribution < 1.29 is 35.9 Å². The van der Waals surface area contributed by atoms with Crippen molar-refractivity contribution in [1.29, 1.82) is 0 Å². The number of hydrogen-bond acceptors (Lipinski definition) is 4. The van der Waals surface area contributed by atoms with E-state index in [1.54, 1.807) is 0 Å². The fraction of sp³-hybridized carbons (Fsp3) is 0.320. The van der Waals surface area contributed by atoms with Crippen LogP contribution < -0.4 is 0 Å². The highest BCUT2D eigenvalue weighted by Gasteiger charge is 2.60. The van der Waals surface area contributed by atoms with Gasteiger partial charge in [-0.1, -0.05) is 28.1 Å². The highest BCUT2D eigenvalue weighted by Crippen LogP contribution is 2.57. The van der Waals surface area contributed by atoms with Gasteiger partial charge in [-0.05, 0) is 53.4 Å². The lowest BCUT2D eigenvalue weighted by Crippen LogP contribution is -2.38. The normalized spacial score (nSPS) is 19.7. The number of alkyl halides is 5. The van der Waals surface area contributed by atoms with E-state index in [0.717, 1.165) is 30.3 Å². The highest BCUT2D eigenvalue weighted by atomic mass is 79.9. The molecule has 0 saturated carbocycles. The summed E-state index contributed by atoms with van der Waals surface area (Å²) in [6, 6.07) is 6.30. The topological polar surface area (TPSA) is 53.0 Å². The first-order chi connectivity index (χ1) is 17.9. The lowest BCUT2D eigenvalue weighted by molar-refractivity contribution is -0.159. The summed E-state index contributed by atoms with van der Waals surface area (Å²) in [6.45, 7) is 3.80. The number of hydrogen-bond donors (Lipinski definition) is 0. The van der Waals surface area contributed by atoms with E-state index < -0.39 is 41.1 Å². The molecule has 38 heavy (non-hydrogen) atoms. The maximum atomic E-state index is 14.3. The lowest BCUT2D eigenvalue weighted by atomic mass is 9.88. The van der Waals surface area contributed by atoms with Crippen LogP contribution in [-0.4, -0.2) is 53.3 Å². The Bertz CT molecular complexity index is 1300. The molecular weight excluding hydrogens is 600 g/mol. The third kappa shape index (κ3) is 5.35. The quantitative estimate of drug-likeness (QED) is 0.207. The second-order valence-electron chi connectivity index (χ2n) is 8.75. The van der Waals surface area contributed by atoms with E-state index in [4.69, 9.17) is 0 Å². The molecule has 0 aromatic heterocycles. The Hall–Kier alpha value is -2.80. The Balaban J connectivity index is 1.62. The monoisotopic (exact) mass is 619 g/mol. The number of carbonyl (C=O) groups excluding carboxylic acids is 2. The lowest BCUT2D eigenvalue weighted by Gasteiger charge is -2.30. The third-order valence-electron chi connectivity index (χ3n) is 6.31. The van der Waals surface area contributed by atoms with Crippen molar-refractivity contribution in [3.05, 3.63) is 81.6 Å². The van der Waals surface area contributed by atoms with Crippen molar-refractivity contribution in [2.45, 2.75) is 30.2 Å². The van der Waals surface area contributed by atoms with Gasteiger partial charge in [-0.15, -0.1) is 6.58 Å². The van der Waals surface area contributed by atoms with Crippen molar-refractivity contribution in [3.63, 3.8) is 0 Å². The summed E-state index contributed by atoms with van der Waals surface area (Å²) in [7, 11) is 0. The molecule has 0 spiro atoms. The molecule has 1 atom stereocenters. The predicted molar refractivity (Wildman–Crippen MR) is 134 cm³/mol. The Morgan fingerprint density at radius 2 is 1.87 bits per heavy atom. The second kappa shape index (κ2) is 10.8. The van der Waals surface area contributed by atoms with Crippen molar-refractivity contribution in [1.82, 2.24) is 9.80 Å². The van der Waals surface area contributed by atoms with Crippen LogP contribution in [0.3, 0.4) is 0 Å². The number of benzene rings is 2. The van der Waals surface area contributed by atoms with Crippen LogP contribution in [0.2, 0.25) is 0 Å². The summed E-state index contributed by atoms with van der Waals surface area (Å²) in [5.74, 6) is -1.85. The zero-order valence-electron chi connectivity index (χ0n) is 19.6. The first kappa shape index (κ1) is 28.2. The molecule has 2 heterocycles. The molecule has 2 amide bonds. The molecule has 4 rings (SSSR count). The maximum absolute atomic E-state index is 14.3. The van der Waals surface area contributed by atoms with E-state index in [2.05, 4.69) is 26.9 Å². The van der Waals surface area contributed by atoms with Crippen molar-refractivity contribution in [3.8, 4) is 0 Å². The minimum absolute atomic E-state index is 0.00449. The van der Waals surface area contributed by atoms with Gasteiger partial charge in [0.25, 0.3) is 12.3 Å². The van der Waals surface area contributed by atoms with Gasteiger partial charge in [0.15, 0.2) is 4.75 Å². The van der Waals surface area contributed by atoms with Crippen LogP contribution >= 0.6 is 27.9 Å². The van der Waals surface area contributed by atoms with E-state index in [1.165, 1.54) is 21.9 Å². The van der Waals surface area contributed by atoms with Crippen LogP contribution in [0.15, 0.2) is 57.9 Å². The van der Waals surface area contributed by atoms with E-state index in [-0.39, 0.29) is 70.9 Å². The van der Waals surface area contributed by atoms with Crippen LogP contribution in [0.25, 0.3) is 0 Å². The number of halogens is 7. The molecule has 1 saturated heterocycles.